The van der Waals surface area contributed by atoms with Crippen molar-refractivity contribution in [1.82, 2.24) is 9.78 Å². The zero-order valence-corrected chi connectivity index (χ0v) is 19.6. The van der Waals surface area contributed by atoms with Crippen LogP contribution in [0.15, 0.2) is 75.7 Å². The Balaban J connectivity index is 1.97. The Morgan fingerprint density at radius 2 is 1.25 bits per heavy atom. The molecule has 0 radical (unpaired) electrons. The maximum absolute atomic E-state index is 6.83. The highest BCUT2D eigenvalue weighted by Crippen LogP contribution is 2.39. The lowest BCUT2D eigenvalue weighted by Gasteiger charge is -2.09. The van der Waals surface area contributed by atoms with Crippen LogP contribution in [0.25, 0.3) is 28.2 Å². The molecule has 0 saturated heterocycles. The van der Waals surface area contributed by atoms with Crippen molar-refractivity contribution >= 4 is 66.7 Å². The number of halogens is 5. The van der Waals surface area contributed by atoms with E-state index in [2.05, 4.69) is 31.9 Å². The van der Waals surface area contributed by atoms with E-state index in [9.17, 15) is 0 Å². The molecule has 4 aromatic rings. The molecule has 0 aliphatic heterocycles. The Labute approximate surface area is 194 Å². The smallest absolute Gasteiger partial charge is 0.112 e. The van der Waals surface area contributed by atoms with Crippen LogP contribution in [-0.2, 0) is 0 Å². The fourth-order valence-electron chi connectivity index (χ4n) is 2.85. The van der Waals surface area contributed by atoms with E-state index >= 15 is 0 Å². The standard InChI is InChI=1S/C21H11Br2Cl3N2/c22-14-5-1-12(2-6-14)20-19(26)21(13-3-7-15(23)8-4-13)28(27-20)16-9-10-17(24)18(25)11-16/h1-11H. The maximum atomic E-state index is 6.83. The Hall–Kier alpha value is -1.30. The summed E-state index contributed by atoms with van der Waals surface area (Å²) in [5.41, 5.74) is 4.11. The highest BCUT2D eigenvalue weighted by atomic mass is 79.9. The number of hydrogen-bond donors (Lipinski definition) is 0. The Morgan fingerprint density at radius 3 is 1.82 bits per heavy atom. The van der Waals surface area contributed by atoms with Crippen molar-refractivity contribution in [1.29, 1.82) is 0 Å². The van der Waals surface area contributed by atoms with E-state index in [1.54, 1.807) is 16.8 Å². The van der Waals surface area contributed by atoms with E-state index in [4.69, 9.17) is 39.9 Å². The van der Waals surface area contributed by atoms with Crippen molar-refractivity contribution in [3.05, 3.63) is 90.7 Å². The molecule has 0 unspecified atom stereocenters. The number of benzene rings is 3. The van der Waals surface area contributed by atoms with E-state index < -0.39 is 0 Å². The monoisotopic (exact) mass is 554 g/mol. The van der Waals surface area contributed by atoms with Crippen LogP contribution in [0.5, 0.6) is 0 Å². The highest BCUT2D eigenvalue weighted by molar-refractivity contribution is 9.10. The fraction of sp³-hybridized carbons (Fsp3) is 0. The molecule has 0 amide bonds. The second-order valence-corrected chi connectivity index (χ2v) is 9.06. The van der Waals surface area contributed by atoms with Gasteiger partial charge in [0.25, 0.3) is 0 Å². The molecular weight excluding hydrogens is 546 g/mol. The molecule has 0 spiro atoms. The summed E-state index contributed by atoms with van der Waals surface area (Å²) in [6.45, 7) is 0. The molecule has 28 heavy (non-hydrogen) atoms. The van der Waals surface area contributed by atoms with Crippen LogP contribution in [0.1, 0.15) is 0 Å². The van der Waals surface area contributed by atoms with Crippen LogP contribution in [0, 0.1) is 0 Å². The highest BCUT2D eigenvalue weighted by Gasteiger charge is 2.20. The molecule has 0 aliphatic carbocycles. The minimum atomic E-state index is 0.456. The third-order valence-electron chi connectivity index (χ3n) is 4.21. The van der Waals surface area contributed by atoms with E-state index in [1.807, 2.05) is 54.6 Å². The normalized spacial score (nSPS) is 11.0. The lowest BCUT2D eigenvalue weighted by molar-refractivity contribution is 0.892. The molecule has 140 valence electrons. The average Bonchev–Trinajstić information content (AvgIpc) is 3.02. The third-order valence-corrected chi connectivity index (χ3v) is 6.37. The van der Waals surface area contributed by atoms with Crippen molar-refractivity contribution in [3.63, 3.8) is 0 Å². The summed E-state index contributed by atoms with van der Waals surface area (Å²) < 4.78 is 3.77. The van der Waals surface area contributed by atoms with E-state index in [1.165, 1.54) is 0 Å². The van der Waals surface area contributed by atoms with Crippen molar-refractivity contribution in [2.24, 2.45) is 0 Å². The van der Waals surface area contributed by atoms with Gasteiger partial charge in [0.1, 0.15) is 5.69 Å². The third kappa shape index (κ3) is 3.89. The van der Waals surface area contributed by atoms with Gasteiger partial charge in [0, 0.05) is 20.1 Å². The largest absolute Gasteiger partial charge is 0.231 e. The van der Waals surface area contributed by atoms with Crippen LogP contribution in [0.2, 0.25) is 15.1 Å². The lowest BCUT2D eigenvalue weighted by Crippen LogP contribution is -1.99. The van der Waals surface area contributed by atoms with Crippen LogP contribution in [-0.4, -0.2) is 9.78 Å². The van der Waals surface area contributed by atoms with Gasteiger partial charge in [-0.3, -0.25) is 0 Å². The summed E-state index contributed by atoms with van der Waals surface area (Å²) in [7, 11) is 0. The molecule has 0 saturated carbocycles. The summed E-state index contributed by atoms with van der Waals surface area (Å²) in [5.74, 6) is 0. The van der Waals surface area contributed by atoms with E-state index in [0.717, 1.165) is 31.5 Å². The number of aromatic nitrogens is 2. The van der Waals surface area contributed by atoms with Gasteiger partial charge in [0.05, 0.1) is 26.4 Å². The van der Waals surface area contributed by atoms with Crippen molar-refractivity contribution in [3.8, 4) is 28.2 Å². The van der Waals surface area contributed by atoms with E-state index in [-0.39, 0.29) is 0 Å². The summed E-state index contributed by atoms with van der Waals surface area (Å²) in [5, 5.41) is 6.32. The van der Waals surface area contributed by atoms with Gasteiger partial charge in [-0.1, -0.05) is 90.9 Å². The lowest BCUT2D eigenvalue weighted by atomic mass is 10.1. The molecule has 1 heterocycles. The predicted molar refractivity (Wildman–Crippen MR) is 125 cm³/mol. The zero-order chi connectivity index (χ0) is 19.8. The number of hydrogen-bond acceptors (Lipinski definition) is 1. The molecular formula is C21H11Br2Cl3N2. The summed E-state index contributed by atoms with van der Waals surface area (Å²) >= 11 is 26.1. The molecule has 4 rings (SSSR count). The molecule has 0 atom stereocenters. The SMILES string of the molecule is Clc1ccc(-n2nc(-c3ccc(Br)cc3)c(Cl)c2-c2ccc(Br)cc2)cc1Cl. The molecule has 2 nitrogen and oxygen atoms in total. The first kappa shape index (κ1) is 20.0. The Kier molecular flexibility index (Phi) is 5.86. The van der Waals surface area contributed by atoms with Gasteiger partial charge in [-0.25, -0.2) is 4.68 Å². The number of rotatable bonds is 3. The van der Waals surface area contributed by atoms with Crippen molar-refractivity contribution < 1.29 is 0 Å². The zero-order valence-electron chi connectivity index (χ0n) is 14.1. The molecule has 0 aliphatic rings. The number of nitrogens with zero attached hydrogens (tertiary/aromatic N) is 2. The molecule has 7 heteroatoms. The second-order valence-electron chi connectivity index (χ2n) is 6.04. The minimum Gasteiger partial charge on any atom is -0.231 e. The maximum Gasteiger partial charge on any atom is 0.112 e. The fourth-order valence-corrected chi connectivity index (χ4v) is 4.01. The molecule has 0 N–H and O–H groups in total. The van der Waals surface area contributed by atoms with Crippen molar-refractivity contribution in [2.75, 3.05) is 0 Å². The average molecular weight is 558 g/mol. The topological polar surface area (TPSA) is 17.8 Å². The Morgan fingerprint density at radius 1 is 0.679 bits per heavy atom. The van der Waals surface area contributed by atoms with Crippen LogP contribution in [0.3, 0.4) is 0 Å². The van der Waals surface area contributed by atoms with Gasteiger partial charge in [0.15, 0.2) is 0 Å². The Bertz CT molecular complexity index is 1150. The summed E-state index contributed by atoms with van der Waals surface area (Å²) in [6.07, 6.45) is 0. The predicted octanol–water partition coefficient (Wildman–Crippen LogP) is 8.69. The van der Waals surface area contributed by atoms with Crippen LogP contribution >= 0.6 is 66.7 Å². The van der Waals surface area contributed by atoms with Crippen LogP contribution in [0.4, 0.5) is 0 Å². The minimum absolute atomic E-state index is 0.456. The summed E-state index contributed by atoms with van der Waals surface area (Å²) in [6, 6.07) is 21.2. The quantitative estimate of drug-likeness (QED) is 0.246. The first-order valence-electron chi connectivity index (χ1n) is 8.20. The first-order valence-corrected chi connectivity index (χ1v) is 10.9. The van der Waals surface area contributed by atoms with Gasteiger partial charge in [-0.2, -0.15) is 5.10 Å². The van der Waals surface area contributed by atoms with Gasteiger partial charge in [-0.05, 0) is 42.5 Å². The van der Waals surface area contributed by atoms with Gasteiger partial charge in [-0.15, -0.1) is 0 Å². The van der Waals surface area contributed by atoms with Crippen LogP contribution < -0.4 is 0 Å². The molecule has 1 aromatic heterocycles. The van der Waals surface area contributed by atoms with Gasteiger partial charge < -0.3 is 0 Å². The van der Waals surface area contributed by atoms with E-state index in [0.29, 0.717) is 20.8 Å². The molecule has 0 bridgehead atoms. The van der Waals surface area contributed by atoms with Gasteiger partial charge in [0.2, 0.25) is 0 Å². The van der Waals surface area contributed by atoms with Gasteiger partial charge >= 0.3 is 0 Å². The summed E-state index contributed by atoms with van der Waals surface area (Å²) in [4.78, 5) is 0. The second kappa shape index (κ2) is 8.21. The molecule has 3 aromatic carbocycles. The first-order chi connectivity index (χ1) is 13.4. The van der Waals surface area contributed by atoms with Crippen molar-refractivity contribution in [2.45, 2.75) is 0 Å². The molecule has 0 fully saturated rings.